The fourth-order valence-corrected chi connectivity index (χ4v) is 3.95. The lowest BCUT2D eigenvalue weighted by atomic mass is 10.0. The van der Waals surface area contributed by atoms with Crippen LogP contribution in [0.3, 0.4) is 0 Å². The van der Waals surface area contributed by atoms with Crippen molar-refractivity contribution in [2.45, 2.75) is 25.9 Å². The number of hydrogen-bond acceptors (Lipinski definition) is 3. The monoisotopic (exact) mass is 335 g/mol. The Morgan fingerprint density at radius 2 is 2.27 bits per heavy atom. The number of nitrogens with one attached hydrogen (secondary N) is 1. The molecule has 116 valence electrons. The zero-order valence-electron chi connectivity index (χ0n) is 12.3. The van der Waals surface area contributed by atoms with E-state index in [1.165, 1.54) is 16.1 Å². The predicted molar refractivity (Wildman–Crippen MR) is 91.7 cm³/mol. The number of amides is 2. The summed E-state index contributed by atoms with van der Waals surface area (Å²) in [4.78, 5) is 14.6. The predicted octanol–water partition coefficient (Wildman–Crippen LogP) is 3.69. The van der Waals surface area contributed by atoms with Crippen molar-refractivity contribution in [1.29, 1.82) is 0 Å². The number of urea groups is 1. The maximum Gasteiger partial charge on any atom is 0.312 e. The number of primary amides is 1. The van der Waals surface area contributed by atoms with E-state index in [-0.39, 0.29) is 6.04 Å². The lowest BCUT2D eigenvalue weighted by Crippen LogP contribution is -2.31. The minimum atomic E-state index is -0.496. The molecule has 3 rings (SSSR count). The highest BCUT2D eigenvalue weighted by Gasteiger charge is 2.21. The number of carbonyl (C=O) groups excluding carboxylic acids is 1. The Morgan fingerprint density at radius 3 is 2.95 bits per heavy atom. The number of anilines is 1. The molecule has 0 saturated heterocycles. The van der Waals surface area contributed by atoms with Gasteiger partial charge in [-0.15, -0.1) is 11.3 Å². The van der Waals surface area contributed by atoms with Crippen molar-refractivity contribution in [3.63, 3.8) is 0 Å². The molecule has 0 aliphatic carbocycles. The molecule has 22 heavy (non-hydrogen) atoms. The van der Waals surface area contributed by atoms with Gasteiger partial charge in [0.25, 0.3) is 0 Å². The van der Waals surface area contributed by atoms with Gasteiger partial charge in [-0.25, -0.2) is 4.79 Å². The van der Waals surface area contributed by atoms with Gasteiger partial charge in [-0.05, 0) is 42.7 Å². The minimum Gasteiger partial charge on any atom is -0.366 e. The van der Waals surface area contributed by atoms with E-state index in [1.807, 2.05) is 13.0 Å². The Labute approximate surface area is 138 Å². The van der Waals surface area contributed by atoms with Crippen LogP contribution in [0.15, 0.2) is 30.3 Å². The van der Waals surface area contributed by atoms with Crippen LogP contribution in [0, 0.1) is 0 Å². The highest BCUT2D eigenvalue weighted by Crippen LogP contribution is 2.33. The zero-order chi connectivity index (χ0) is 15.7. The number of hydrogen-bond donors (Lipinski definition) is 2. The number of thiophene rings is 1. The highest BCUT2D eigenvalue weighted by molar-refractivity contribution is 7.16. The summed E-state index contributed by atoms with van der Waals surface area (Å²) in [7, 11) is 0. The molecule has 0 spiro atoms. The summed E-state index contributed by atoms with van der Waals surface area (Å²) in [5, 5.41) is 2.72. The van der Waals surface area contributed by atoms with Crippen molar-refractivity contribution in [1.82, 2.24) is 5.32 Å². The molecule has 1 unspecified atom stereocenters. The topological polar surface area (TPSA) is 58.4 Å². The third-order valence-electron chi connectivity index (χ3n) is 3.93. The molecule has 1 aromatic carbocycles. The summed E-state index contributed by atoms with van der Waals surface area (Å²) in [6.45, 7) is 3.83. The maximum atomic E-state index is 11.0. The lowest BCUT2D eigenvalue weighted by molar-refractivity contribution is 0.246. The molecular weight excluding hydrogens is 318 g/mol. The first-order valence-electron chi connectivity index (χ1n) is 7.21. The standard InChI is InChI=1S/C16H18ClN3OS/c1-10(19-16(18)21)11-2-4-14-12(8-11)6-7-20(14)9-13-3-5-15(17)22-13/h2-5,8,10H,6-7,9H2,1H3,(H3,18,19,21). The van der Waals surface area contributed by atoms with Crippen LogP contribution < -0.4 is 16.0 Å². The summed E-state index contributed by atoms with van der Waals surface area (Å²) < 4.78 is 0.830. The smallest absolute Gasteiger partial charge is 0.312 e. The van der Waals surface area contributed by atoms with Gasteiger partial charge in [-0.1, -0.05) is 23.7 Å². The average molecular weight is 336 g/mol. The molecule has 0 fully saturated rings. The van der Waals surface area contributed by atoms with E-state index >= 15 is 0 Å². The van der Waals surface area contributed by atoms with Crippen LogP contribution in [0.25, 0.3) is 0 Å². The number of benzene rings is 1. The van der Waals surface area contributed by atoms with E-state index in [0.717, 1.165) is 29.4 Å². The summed E-state index contributed by atoms with van der Waals surface area (Å²) in [5.74, 6) is 0. The van der Waals surface area contributed by atoms with Gasteiger partial charge in [0.15, 0.2) is 0 Å². The van der Waals surface area contributed by atoms with Gasteiger partial charge in [0.2, 0.25) is 0 Å². The molecule has 1 aromatic heterocycles. The molecule has 6 heteroatoms. The Kier molecular flexibility index (Phi) is 4.27. The van der Waals surface area contributed by atoms with Crippen LogP contribution >= 0.6 is 22.9 Å². The van der Waals surface area contributed by atoms with E-state index in [9.17, 15) is 4.79 Å². The van der Waals surface area contributed by atoms with Gasteiger partial charge in [-0.2, -0.15) is 0 Å². The first-order valence-corrected chi connectivity index (χ1v) is 8.40. The largest absolute Gasteiger partial charge is 0.366 e. The summed E-state index contributed by atoms with van der Waals surface area (Å²) in [5.41, 5.74) is 8.85. The molecular formula is C16H18ClN3OS. The average Bonchev–Trinajstić information content (AvgIpc) is 3.05. The lowest BCUT2D eigenvalue weighted by Gasteiger charge is -2.19. The van der Waals surface area contributed by atoms with Crippen LogP contribution in [0.4, 0.5) is 10.5 Å². The Balaban J connectivity index is 1.76. The van der Waals surface area contributed by atoms with Gasteiger partial charge >= 0.3 is 6.03 Å². The second kappa shape index (κ2) is 6.18. The number of halogens is 1. The van der Waals surface area contributed by atoms with Gasteiger partial charge in [0.1, 0.15) is 0 Å². The maximum absolute atomic E-state index is 11.0. The first kappa shape index (κ1) is 15.2. The summed E-state index contributed by atoms with van der Waals surface area (Å²) in [6.07, 6.45) is 1.02. The third kappa shape index (κ3) is 3.20. The van der Waals surface area contributed by atoms with Crippen molar-refractivity contribution in [2.75, 3.05) is 11.4 Å². The fourth-order valence-electron chi connectivity index (χ4n) is 2.85. The normalized spacial score (nSPS) is 14.7. The van der Waals surface area contributed by atoms with Crippen molar-refractivity contribution < 1.29 is 4.79 Å². The molecule has 2 heterocycles. The molecule has 2 aromatic rings. The van der Waals surface area contributed by atoms with Crippen molar-refractivity contribution in [3.05, 3.63) is 50.7 Å². The van der Waals surface area contributed by atoms with Crippen LogP contribution in [0.2, 0.25) is 4.34 Å². The molecule has 1 aliphatic heterocycles. The number of rotatable bonds is 4. The second-order valence-electron chi connectivity index (χ2n) is 5.50. The first-order chi connectivity index (χ1) is 10.5. The number of carbonyl (C=O) groups is 1. The number of fused-ring (bicyclic) bond motifs is 1. The molecule has 1 atom stereocenters. The van der Waals surface area contributed by atoms with Crippen LogP contribution in [-0.2, 0) is 13.0 Å². The molecule has 1 aliphatic rings. The van der Waals surface area contributed by atoms with Crippen molar-refractivity contribution in [3.8, 4) is 0 Å². The van der Waals surface area contributed by atoms with Crippen molar-refractivity contribution >= 4 is 34.7 Å². The van der Waals surface area contributed by atoms with Crippen molar-refractivity contribution in [2.24, 2.45) is 5.73 Å². The second-order valence-corrected chi connectivity index (χ2v) is 7.30. The van der Waals surface area contributed by atoms with E-state index in [0.29, 0.717) is 0 Å². The van der Waals surface area contributed by atoms with E-state index < -0.39 is 6.03 Å². The van der Waals surface area contributed by atoms with Crippen LogP contribution in [0.1, 0.15) is 29.0 Å². The SMILES string of the molecule is CC(NC(N)=O)c1ccc2c(c1)CCN2Cc1ccc(Cl)s1. The molecule has 3 N–H and O–H groups in total. The fraction of sp³-hybridized carbons (Fsp3) is 0.312. The Hall–Kier alpha value is -1.72. The quantitative estimate of drug-likeness (QED) is 0.895. The summed E-state index contributed by atoms with van der Waals surface area (Å²) in [6, 6.07) is 9.80. The molecule has 4 nitrogen and oxygen atoms in total. The van der Waals surface area contributed by atoms with E-state index in [1.54, 1.807) is 11.3 Å². The number of nitrogens with zero attached hydrogens (tertiary/aromatic N) is 1. The molecule has 2 amide bonds. The van der Waals surface area contributed by atoms with E-state index in [4.69, 9.17) is 17.3 Å². The number of nitrogens with two attached hydrogens (primary N) is 1. The van der Waals surface area contributed by atoms with Gasteiger partial charge in [0.05, 0.1) is 16.9 Å². The van der Waals surface area contributed by atoms with Crippen LogP contribution in [0.5, 0.6) is 0 Å². The zero-order valence-corrected chi connectivity index (χ0v) is 13.9. The summed E-state index contributed by atoms with van der Waals surface area (Å²) >= 11 is 7.63. The Morgan fingerprint density at radius 1 is 1.45 bits per heavy atom. The van der Waals surface area contributed by atoms with Gasteiger partial charge in [0, 0.05) is 17.1 Å². The van der Waals surface area contributed by atoms with Crippen LogP contribution in [-0.4, -0.2) is 12.6 Å². The highest BCUT2D eigenvalue weighted by atomic mass is 35.5. The molecule has 0 saturated carbocycles. The Bertz CT molecular complexity index is 700. The van der Waals surface area contributed by atoms with Gasteiger partial charge in [-0.3, -0.25) is 0 Å². The minimum absolute atomic E-state index is 0.0760. The molecule has 0 bridgehead atoms. The molecule has 0 radical (unpaired) electrons. The third-order valence-corrected chi connectivity index (χ3v) is 5.15. The van der Waals surface area contributed by atoms with Gasteiger partial charge < -0.3 is 16.0 Å². The van der Waals surface area contributed by atoms with E-state index in [2.05, 4.69) is 34.5 Å².